The van der Waals surface area contributed by atoms with E-state index < -0.39 is 12.1 Å². The number of hydrogen-bond acceptors (Lipinski definition) is 5. The molecule has 0 heterocycles. The largest absolute Gasteiger partial charge is 0.466 e. The highest BCUT2D eigenvalue weighted by Crippen LogP contribution is 2.19. The lowest BCUT2D eigenvalue weighted by Gasteiger charge is -2.20. The summed E-state index contributed by atoms with van der Waals surface area (Å²) in [6, 6.07) is -0.629. The van der Waals surface area contributed by atoms with E-state index in [2.05, 4.69) is 19.2 Å². The number of aliphatic hydroxyl groups is 2. The summed E-state index contributed by atoms with van der Waals surface area (Å²) in [5.41, 5.74) is 0. The van der Waals surface area contributed by atoms with Crippen LogP contribution in [0.2, 0.25) is 0 Å². The second-order valence-corrected chi connectivity index (χ2v) is 24.2. The smallest absolute Gasteiger partial charge is 0.305 e. The molecule has 0 spiro atoms. The number of nitrogens with one attached hydrogen (secondary N) is 1. The van der Waals surface area contributed by atoms with Gasteiger partial charge in [0, 0.05) is 12.8 Å². The minimum absolute atomic E-state index is 0.0161. The van der Waals surface area contributed by atoms with Crippen LogP contribution in [0.5, 0.6) is 0 Å². The molecule has 0 saturated carbocycles. The van der Waals surface area contributed by atoms with Crippen LogP contribution >= 0.6 is 0 Å². The van der Waals surface area contributed by atoms with Crippen molar-refractivity contribution in [1.29, 1.82) is 0 Å². The van der Waals surface area contributed by atoms with Crippen LogP contribution in [0.15, 0.2) is 12.2 Å². The van der Waals surface area contributed by atoms with Crippen molar-refractivity contribution in [2.75, 3.05) is 13.2 Å². The molecule has 3 N–H and O–H groups in total. The summed E-state index contributed by atoms with van der Waals surface area (Å²) in [6.45, 7) is 4.95. The average molecular weight is 1070 g/mol. The zero-order valence-corrected chi connectivity index (χ0v) is 51.8. The molecule has 0 fully saturated rings. The number of aliphatic hydroxyl groups excluding tert-OH is 2. The third-order valence-corrected chi connectivity index (χ3v) is 16.6. The fourth-order valence-electron chi connectivity index (χ4n) is 11.2. The van der Waals surface area contributed by atoms with Crippen LogP contribution in [-0.4, -0.2) is 47.4 Å². The molecule has 0 saturated heterocycles. The molecule has 0 aliphatic rings. The molecule has 2 unspecified atom stereocenters. The van der Waals surface area contributed by atoms with Crippen molar-refractivity contribution >= 4 is 11.9 Å². The van der Waals surface area contributed by atoms with Crippen LogP contribution in [0.4, 0.5) is 0 Å². The lowest BCUT2D eigenvalue weighted by atomic mass is 10.0. The van der Waals surface area contributed by atoms with Gasteiger partial charge in [0.05, 0.1) is 25.4 Å². The quantitative estimate of drug-likeness (QED) is 0.0320. The number of allylic oxidation sites excluding steroid dienone is 1. The fraction of sp³-hybridized carbons (Fsp3) is 0.943. The predicted molar refractivity (Wildman–Crippen MR) is 333 cm³/mol. The molecular formula is C70H137NO5. The molecule has 0 bridgehead atoms. The van der Waals surface area contributed by atoms with Crippen molar-refractivity contribution in [3.63, 3.8) is 0 Å². The van der Waals surface area contributed by atoms with Gasteiger partial charge in [-0.05, 0) is 32.1 Å². The van der Waals surface area contributed by atoms with Crippen LogP contribution in [0, 0.1) is 0 Å². The van der Waals surface area contributed by atoms with Crippen molar-refractivity contribution in [2.24, 2.45) is 0 Å². The minimum Gasteiger partial charge on any atom is -0.466 e. The van der Waals surface area contributed by atoms with E-state index in [1.807, 2.05) is 6.08 Å². The third kappa shape index (κ3) is 61.8. The van der Waals surface area contributed by atoms with E-state index in [1.54, 1.807) is 6.08 Å². The molecule has 2 atom stereocenters. The summed E-state index contributed by atoms with van der Waals surface area (Å²) in [7, 11) is 0. The Bertz CT molecular complexity index is 1140. The second-order valence-electron chi connectivity index (χ2n) is 24.2. The highest BCUT2D eigenvalue weighted by atomic mass is 16.5. The Hall–Kier alpha value is -1.40. The Kier molecular flexibility index (Phi) is 64.9. The number of carbonyl (C=O) groups is 2. The number of rotatable bonds is 66. The van der Waals surface area contributed by atoms with E-state index >= 15 is 0 Å². The van der Waals surface area contributed by atoms with Crippen LogP contribution in [-0.2, 0) is 14.3 Å². The number of ether oxygens (including phenoxy) is 1. The lowest BCUT2D eigenvalue weighted by molar-refractivity contribution is -0.143. The van der Waals surface area contributed by atoms with Gasteiger partial charge in [-0.1, -0.05) is 366 Å². The Morgan fingerprint density at radius 2 is 0.605 bits per heavy atom. The predicted octanol–water partition coefficient (Wildman–Crippen LogP) is 22.4. The Morgan fingerprint density at radius 1 is 0.355 bits per heavy atom. The molecule has 452 valence electrons. The van der Waals surface area contributed by atoms with Crippen molar-refractivity contribution in [3.8, 4) is 0 Å². The van der Waals surface area contributed by atoms with Gasteiger partial charge in [-0.15, -0.1) is 0 Å². The zero-order chi connectivity index (χ0) is 55.0. The van der Waals surface area contributed by atoms with E-state index in [9.17, 15) is 19.8 Å². The monoisotopic (exact) mass is 1070 g/mol. The molecule has 6 nitrogen and oxygen atoms in total. The van der Waals surface area contributed by atoms with E-state index in [1.165, 1.54) is 334 Å². The first kappa shape index (κ1) is 74.6. The summed E-state index contributed by atoms with van der Waals surface area (Å²) in [5, 5.41) is 23.3. The molecule has 0 rings (SSSR count). The van der Waals surface area contributed by atoms with Crippen LogP contribution < -0.4 is 5.32 Å². The van der Waals surface area contributed by atoms with Gasteiger partial charge in [0.15, 0.2) is 0 Å². The highest BCUT2D eigenvalue weighted by molar-refractivity contribution is 5.76. The fourth-order valence-corrected chi connectivity index (χ4v) is 11.2. The maximum absolute atomic E-state index is 12.5. The van der Waals surface area contributed by atoms with Crippen molar-refractivity contribution in [2.45, 2.75) is 411 Å². The number of unbranched alkanes of at least 4 members (excludes halogenated alkanes) is 55. The maximum atomic E-state index is 12.5. The molecule has 0 aliphatic carbocycles. The molecule has 76 heavy (non-hydrogen) atoms. The van der Waals surface area contributed by atoms with E-state index in [-0.39, 0.29) is 18.5 Å². The summed E-state index contributed by atoms with van der Waals surface area (Å²) in [6.07, 6.45) is 81.4. The third-order valence-electron chi connectivity index (χ3n) is 16.6. The summed E-state index contributed by atoms with van der Waals surface area (Å²) < 4.78 is 5.50. The summed E-state index contributed by atoms with van der Waals surface area (Å²) in [4.78, 5) is 24.6. The zero-order valence-electron chi connectivity index (χ0n) is 51.8. The van der Waals surface area contributed by atoms with E-state index in [0.717, 1.165) is 38.5 Å². The molecule has 0 aromatic rings. The Balaban J connectivity index is 3.40. The molecule has 1 amide bonds. The SMILES string of the molecule is CCCCCCCCCCCCCCCCCCCCCC/C=C/C(O)C(CO)NC(=O)CCCCCCCCCCCCCCCCCCCCCCCOC(=O)CCCCCCCCCCCCCCCCCC. The van der Waals surface area contributed by atoms with Crippen LogP contribution in [0.1, 0.15) is 399 Å². The van der Waals surface area contributed by atoms with Gasteiger partial charge in [0.2, 0.25) is 5.91 Å². The molecule has 0 aromatic carbocycles. The normalized spacial score (nSPS) is 12.5. The first-order valence-electron chi connectivity index (χ1n) is 35.0. The molecular weight excluding hydrogens is 935 g/mol. The molecule has 0 radical (unpaired) electrons. The highest BCUT2D eigenvalue weighted by Gasteiger charge is 2.18. The molecule has 0 aromatic heterocycles. The van der Waals surface area contributed by atoms with Crippen LogP contribution in [0.25, 0.3) is 0 Å². The summed E-state index contributed by atoms with van der Waals surface area (Å²) >= 11 is 0. The van der Waals surface area contributed by atoms with Gasteiger partial charge >= 0.3 is 5.97 Å². The van der Waals surface area contributed by atoms with Crippen molar-refractivity contribution in [3.05, 3.63) is 12.2 Å². The molecule has 0 aliphatic heterocycles. The van der Waals surface area contributed by atoms with Crippen molar-refractivity contribution in [1.82, 2.24) is 5.32 Å². The standard InChI is InChI=1S/C70H137NO5/c1-3-5-7-9-11-13-15-17-19-21-22-23-25-28-31-34-38-42-46-50-54-58-62-68(73)67(66-72)71-69(74)63-59-55-51-47-43-39-35-32-29-26-24-27-30-33-37-41-45-49-53-57-61-65-76-70(75)64-60-56-52-48-44-40-36-20-18-16-14-12-10-8-6-4-2/h58,62,67-68,72-73H,3-57,59-61,63-66H2,1-2H3,(H,71,74)/b62-58+. The van der Waals surface area contributed by atoms with E-state index in [4.69, 9.17) is 4.74 Å². The van der Waals surface area contributed by atoms with Crippen LogP contribution in [0.3, 0.4) is 0 Å². The number of hydrogen-bond donors (Lipinski definition) is 3. The van der Waals surface area contributed by atoms with Gasteiger partial charge in [0.25, 0.3) is 0 Å². The number of amides is 1. The minimum atomic E-state index is -0.846. The number of carbonyl (C=O) groups excluding carboxylic acids is 2. The van der Waals surface area contributed by atoms with Gasteiger partial charge in [0.1, 0.15) is 0 Å². The maximum Gasteiger partial charge on any atom is 0.305 e. The average Bonchev–Trinajstić information content (AvgIpc) is 3.42. The van der Waals surface area contributed by atoms with Crippen molar-refractivity contribution < 1.29 is 24.5 Å². The first-order valence-corrected chi connectivity index (χ1v) is 35.0. The lowest BCUT2D eigenvalue weighted by Crippen LogP contribution is -2.45. The van der Waals surface area contributed by atoms with Gasteiger partial charge in [-0.25, -0.2) is 0 Å². The Morgan fingerprint density at radius 3 is 0.895 bits per heavy atom. The topological polar surface area (TPSA) is 95.9 Å². The molecule has 6 heteroatoms. The second kappa shape index (κ2) is 66.1. The van der Waals surface area contributed by atoms with Gasteiger partial charge < -0.3 is 20.3 Å². The first-order chi connectivity index (χ1) is 37.5. The van der Waals surface area contributed by atoms with Gasteiger partial charge in [-0.3, -0.25) is 9.59 Å². The number of esters is 1. The van der Waals surface area contributed by atoms with Gasteiger partial charge in [-0.2, -0.15) is 0 Å². The van der Waals surface area contributed by atoms with E-state index in [0.29, 0.717) is 19.4 Å². The summed E-state index contributed by atoms with van der Waals surface area (Å²) in [5.74, 6) is -0.0481. The Labute approximate surface area is 476 Å².